The van der Waals surface area contributed by atoms with Gasteiger partial charge in [0.2, 0.25) is 5.91 Å². The van der Waals surface area contributed by atoms with Crippen molar-refractivity contribution in [2.24, 2.45) is 5.92 Å². The van der Waals surface area contributed by atoms with Gasteiger partial charge in [-0.25, -0.2) is 4.72 Å². The van der Waals surface area contributed by atoms with Gasteiger partial charge in [0.1, 0.15) is 0 Å². The Morgan fingerprint density at radius 3 is 2.53 bits per heavy atom. The Bertz CT molecular complexity index is 493. The van der Waals surface area contributed by atoms with Crippen LogP contribution in [0.1, 0.15) is 25.6 Å². The highest BCUT2D eigenvalue weighted by atomic mass is 32.2. The lowest BCUT2D eigenvalue weighted by molar-refractivity contribution is -0.122. The van der Waals surface area contributed by atoms with Crippen LogP contribution in [0.4, 0.5) is 0 Å². The molecule has 0 saturated carbocycles. The van der Waals surface area contributed by atoms with E-state index in [0.717, 1.165) is 4.88 Å². The third kappa shape index (κ3) is 4.59. The first kappa shape index (κ1) is 16.1. The topological polar surface area (TPSA) is 66.5 Å². The molecule has 0 bridgehead atoms. The van der Waals surface area contributed by atoms with Gasteiger partial charge in [-0.15, -0.1) is 11.3 Å². The highest BCUT2D eigenvalue weighted by Gasteiger charge is 2.24. The minimum Gasteiger partial charge on any atom is -0.274 e. The fourth-order valence-electron chi connectivity index (χ4n) is 1.68. The number of thiophene rings is 1. The van der Waals surface area contributed by atoms with Crippen molar-refractivity contribution in [3.8, 4) is 0 Å². The molecule has 0 aliphatic heterocycles. The first-order valence-corrected chi connectivity index (χ1v) is 8.56. The summed E-state index contributed by atoms with van der Waals surface area (Å²) in [5, 5.41) is 1.94. The minimum atomic E-state index is -3.71. The predicted molar refractivity (Wildman–Crippen MR) is 77.2 cm³/mol. The van der Waals surface area contributed by atoms with E-state index >= 15 is 0 Å². The number of nitrogens with one attached hydrogen (secondary N) is 1. The normalized spacial score (nSPS) is 13.5. The van der Waals surface area contributed by atoms with Crippen molar-refractivity contribution in [2.75, 3.05) is 13.1 Å². The van der Waals surface area contributed by atoms with E-state index in [1.54, 1.807) is 32.1 Å². The van der Waals surface area contributed by atoms with Gasteiger partial charge in [-0.05, 0) is 17.9 Å². The van der Waals surface area contributed by atoms with E-state index in [-0.39, 0.29) is 5.92 Å². The van der Waals surface area contributed by atoms with Gasteiger partial charge in [0.05, 0.1) is 0 Å². The molecule has 1 aromatic rings. The molecular weight excluding hydrogens is 284 g/mol. The van der Waals surface area contributed by atoms with Gasteiger partial charge < -0.3 is 0 Å². The van der Waals surface area contributed by atoms with Crippen molar-refractivity contribution in [2.45, 2.75) is 27.2 Å². The van der Waals surface area contributed by atoms with Crippen LogP contribution in [0.2, 0.25) is 0 Å². The van der Waals surface area contributed by atoms with E-state index in [1.165, 1.54) is 4.31 Å². The van der Waals surface area contributed by atoms with Gasteiger partial charge in [-0.2, -0.15) is 12.7 Å². The largest absolute Gasteiger partial charge is 0.303 e. The molecule has 0 unspecified atom stereocenters. The molecule has 108 valence electrons. The number of hydrogen-bond donors (Lipinski definition) is 1. The smallest absolute Gasteiger partial charge is 0.274 e. The maximum atomic E-state index is 11.9. The zero-order valence-electron chi connectivity index (χ0n) is 11.4. The highest BCUT2D eigenvalue weighted by molar-refractivity contribution is 7.87. The van der Waals surface area contributed by atoms with Crippen LogP contribution in [-0.4, -0.2) is 31.7 Å². The second kappa shape index (κ2) is 7.02. The van der Waals surface area contributed by atoms with Crippen molar-refractivity contribution < 1.29 is 13.2 Å². The maximum Gasteiger partial charge on any atom is 0.303 e. The fraction of sp³-hybridized carbons (Fsp3) is 0.583. The van der Waals surface area contributed by atoms with Crippen LogP contribution in [0.15, 0.2) is 17.5 Å². The number of carbonyl (C=O) groups is 1. The molecule has 1 amide bonds. The minimum absolute atomic E-state index is 0.346. The molecule has 0 radical (unpaired) electrons. The van der Waals surface area contributed by atoms with Crippen molar-refractivity contribution in [1.82, 2.24) is 9.03 Å². The first-order valence-electron chi connectivity index (χ1n) is 6.24. The predicted octanol–water partition coefficient (Wildman–Crippen LogP) is 1.63. The number of nitrogens with zero attached hydrogens (tertiary/aromatic N) is 1. The molecule has 0 aromatic carbocycles. The van der Waals surface area contributed by atoms with E-state index < -0.39 is 16.1 Å². The summed E-state index contributed by atoms with van der Waals surface area (Å²) in [6.45, 7) is 5.90. The van der Waals surface area contributed by atoms with Crippen molar-refractivity contribution in [1.29, 1.82) is 0 Å². The number of rotatable bonds is 7. The van der Waals surface area contributed by atoms with Gasteiger partial charge in [-0.3, -0.25) is 4.79 Å². The summed E-state index contributed by atoms with van der Waals surface area (Å²) in [6, 6.07) is 3.85. The molecule has 1 atom stereocenters. The summed E-state index contributed by atoms with van der Waals surface area (Å²) in [4.78, 5) is 13.0. The number of amides is 1. The van der Waals surface area contributed by atoms with E-state index in [1.807, 2.05) is 17.5 Å². The van der Waals surface area contributed by atoms with Crippen molar-refractivity contribution >= 4 is 27.5 Å². The Hall–Kier alpha value is -0.920. The Kier molecular flexibility index (Phi) is 5.96. The Morgan fingerprint density at radius 2 is 2.05 bits per heavy atom. The first-order chi connectivity index (χ1) is 8.90. The number of hydrogen-bond acceptors (Lipinski definition) is 4. The molecule has 0 spiro atoms. The lowest BCUT2D eigenvalue weighted by Crippen LogP contribution is -2.45. The average Bonchev–Trinajstić information content (AvgIpc) is 2.82. The number of carbonyl (C=O) groups excluding carboxylic acids is 1. The van der Waals surface area contributed by atoms with Gasteiger partial charge in [0, 0.05) is 23.9 Å². The van der Waals surface area contributed by atoms with Gasteiger partial charge in [-0.1, -0.05) is 26.8 Å². The highest BCUT2D eigenvalue weighted by Crippen LogP contribution is 2.14. The zero-order valence-corrected chi connectivity index (χ0v) is 13.1. The molecule has 1 N–H and O–H groups in total. The van der Waals surface area contributed by atoms with Crippen LogP contribution in [-0.2, 0) is 21.4 Å². The summed E-state index contributed by atoms with van der Waals surface area (Å²) in [6.07, 6.45) is 0.553. The maximum absolute atomic E-state index is 11.9. The van der Waals surface area contributed by atoms with E-state index in [0.29, 0.717) is 19.5 Å². The Labute approximate surface area is 118 Å². The second-order valence-electron chi connectivity index (χ2n) is 4.24. The molecule has 1 heterocycles. The monoisotopic (exact) mass is 304 g/mol. The van der Waals surface area contributed by atoms with Crippen LogP contribution in [0.5, 0.6) is 0 Å². The van der Waals surface area contributed by atoms with Crippen LogP contribution < -0.4 is 4.72 Å². The van der Waals surface area contributed by atoms with Crippen LogP contribution >= 0.6 is 11.3 Å². The van der Waals surface area contributed by atoms with Crippen molar-refractivity contribution in [3.05, 3.63) is 22.4 Å². The summed E-state index contributed by atoms with van der Waals surface area (Å²) in [5.41, 5.74) is 0. The lowest BCUT2D eigenvalue weighted by Gasteiger charge is -2.20. The Morgan fingerprint density at radius 1 is 1.42 bits per heavy atom. The molecule has 5 nitrogen and oxygen atoms in total. The standard InChI is InChI=1S/C12H20N2O3S2/c1-4-14(5-2)19(16,17)13-12(15)10(3)9-11-7-6-8-18-11/h6-8,10H,4-5,9H2,1-3H3,(H,13,15)/t10-/m1/s1. The van der Waals surface area contributed by atoms with Crippen LogP contribution in [0.25, 0.3) is 0 Å². The SMILES string of the molecule is CCN(CC)S(=O)(=O)NC(=O)[C@H](C)Cc1cccs1. The summed E-state index contributed by atoms with van der Waals surface area (Å²) >= 11 is 1.56. The fourth-order valence-corrected chi connectivity index (χ4v) is 3.78. The second-order valence-corrected chi connectivity index (χ2v) is 6.94. The summed E-state index contributed by atoms with van der Waals surface area (Å²) < 4.78 is 27.2. The summed E-state index contributed by atoms with van der Waals surface area (Å²) in [7, 11) is -3.71. The van der Waals surface area contributed by atoms with Crippen LogP contribution in [0, 0.1) is 5.92 Å². The quantitative estimate of drug-likeness (QED) is 0.832. The Balaban J connectivity index is 2.63. The van der Waals surface area contributed by atoms with Gasteiger partial charge in [0.15, 0.2) is 0 Å². The summed E-state index contributed by atoms with van der Waals surface area (Å²) in [5.74, 6) is -0.829. The third-order valence-corrected chi connectivity index (χ3v) is 5.36. The molecule has 0 saturated heterocycles. The molecule has 0 aliphatic carbocycles. The van der Waals surface area contributed by atoms with Gasteiger partial charge in [0.25, 0.3) is 0 Å². The molecule has 0 fully saturated rings. The van der Waals surface area contributed by atoms with Crippen molar-refractivity contribution in [3.63, 3.8) is 0 Å². The zero-order chi connectivity index (χ0) is 14.5. The molecule has 1 rings (SSSR count). The van der Waals surface area contributed by atoms with E-state index in [2.05, 4.69) is 4.72 Å². The van der Waals surface area contributed by atoms with Gasteiger partial charge >= 0.3 is 10.2 Å². The molecule has 7 heteroatoms. The third-order valence-electron chi connectivity index (χ3n) is 2.81. The molecular formula is C12H20N2O3S2. The molecule has 0 aliphatic rings. The van der Waals surface area contributed by atoms with E-state index in [9.17, 15) is 13.2 Å². The average molecular weight is 304 g/mol. The molecule has 19 heavy (non-hydrogen) atoms. The van der Waals surface area contributed by atoms with Crippen LogP contribution in [0.3, 0.4) is 0 Å². The lowest BCUT2D eigenvalue weighted by atomic mass is 10.1. The molecule has 1 aromatic heterocycles. The van der Waals surface area contributed by atoms with E-state index in [4.69, 9.17) is 0 Å².